The molecule has 0 spiro atoms. The van der Waals surface area contributed by atoms with Gasteiger partial charge >= 0.3 is 0 Å². The SMILES string of the molecule is Cc1cccc(OCc2c(N)cccc2Br)n1. The van der Waals surface area contributed by atoms with E-state index in [1.165, 1.54) is 0 Å². The monoisotopic (exact) mass is 292 g/mol. The molecule has 88 valence electrons. The van der Waals surface area contributed by atoms with E-state index in [9.17, 15) is 0 Å². The molecule has 0 saturated heterocycles. The van der Waals surface area contributed by atoms with E-state index in [4.69, 9.17) is 10.5 Å². The van der Waals surface area contributed by atoms with E-state index in [1.807, 2.05) is 43.3 Å². The second-order valence-electron chi connectivity index (χ2n) is 3.71. The zero-order valence-corrected chi connectivity index (χ0v) is 11.1. The quantitative estimate of drug-likeness (QED) is 0.883. The highest BCUT2D eigenvalue weighted by Gasteiger charge is 2.05. The summed E-state index contributed by atoms with van der Waals surface area (Å²) in [6.45, 7) is 2.34. The number of nitrogens with zero attached hydrogens (tertiary/aromatic N) is 1. The molecular formula is C13H13BrN2O. The molecule has 0 unspecified atom stereocenters. The highest BCUT2D eigenvalue weighted by atomic mass is 79.9. The molecule has 0 radical (unpaired) electrons. The van der Waals surface area contributed by atoms with Crippen molar-refractivity contribution in [3.8, 4) is 5.88 Å². The van der Waals surface area contributed by atoms with Crippen LogP contribution in [0.15, 0.2) is 40.9 Å². The third-order valence-electron chi connectivity index (χ3n) is 2.38. The summed E-state index contributed by atoms with van der Waals surface area (Å²) in [6.07, 6.45) is 0. The van der Waals surface area contributed by atoms with Gasteiger partial charge in [0.2, 0.25) is 5.88 Å². The predicted octanol–water partition coefficient (Wildman–Crippen LogP) is 3.31. The van der Waals surface area contributed by atoms with Crippen LogP contribution in [-0.4, -0.2) is 4.98 Å². The molecule has 1 aromatic heterocycles. The zero-order valence-electron chi connectivity index (χ0n) is 9.48. The lowest BCUT2D eigenvalue weighted by Crippen LogP contribution is -2.02. The van der Waals surface area contributed by atoms with Gasteiger partial charge in [-0.3, -0.25) is 0 Å². The molecule has 17 heavy (non-hydrogen) atoms. The Labute approximate surface area is 109 Å². The summed E-state index contributed by atoms with van der Waals surface area (Å²) < 4.78 is 6.56. The maximum Gasteiger partial charge on any atom is 0.213 e. The smallest absolute Gasteiger partial charge is 0.213 e. The van der Waals surface area contributed by atoms with Gasteiger partial charge in [-0.15, -0.1) is 0 Å². The third kappa shape index (κ3) is 2.97. The first-order chi connectivity index (χ1) is 8.16. The minimum absolute atomic E-state index is 0.406. The number of nitrogens with two attached hydrogens (primary N) is 1. The van der Waals surface area contributed by atoms with Crippen LogP contribution < -0.4 is 10.5 Å². The van der Waals surface area contributed by atoms with Crippen LogP contribution in [0.3, 0.4) is 0 Å². The van der Waals surface area contributed by atoms with Gasteiger partial charge in [0.25, 0.3) is 0 Å². The van der Waals surface area contributed by atoms with Crippen LogP contribution in [0.25, 0.3) is 0 Å². The van der Waals surface area contributed by atoms with E-state index < -0.39 is 0 Å². The first-order valence-corrected chi connectivity index (χ1v) is 6.05. The second-order valence-corrected chi connectivity index (χ2v) is 4.57. The van der Waals surface area contributed by atoms with Crippen LogP contribution in [0.2, 0.25) is 0 Å². The topological polar surface area (TPSA) is 48.1 Å². The van der Waals surface area contributed by atoms with Crippen molar-refractivity contribution in [3.63, 3.8) is 0 Å². The fraction of sp³-hybridized carbons (Fsp3) is 0.154. The number of aromatic nitrogens is 1. The number of hydrogen-bond donors (Lipinski definition) is 1. The van der Waals surface area contributed by atoms with E-state index in [-0.39, 0.29) is 0 Å². The van der Waals surface area contributed by atoms with Crippen molar-refractivity contribution in [1.82, 2.24) is 4.98 Å². The Morgan fingerprint density at radius 3 is 2.71 bits per heavy atom. The fourth-order valence-corrected chi connectivity index (χ4v) is 1.97. The van der Waals surface area contributed by atoms with Gasteiger partial charge in [0.1, 0.15) is 6.61 Å². The number of pyridine rings is 1. The summed E-state index contributed by atoms with van der Waals surface area (Å²) in [6, 6.07) is 11.4. The van der Waals surface area contributed by atoms with Crippen molar-refractivity contribution < 1.29 is 4.74 Å². The molecule has 0 amide bonds. The summed E-state index contributed by atoms with van der Waals surface area (Å²) in [5, 5.41) is 0. The Hall–Kier alpha value is -1.55. The van der Waals surface area contributed by atoms with Gasteiger partial charge in [-0.2, -0.15) is 0 Å². The first kappa shape index (κ1) is 11.9. The fourth-order valence-electron chi connectivity index (χ4n) is 1.47. The van der Waals surface area contributed by atoms with Crippen molar-refractivity contribution in [2.45, 2.75) is 13.5 Å². The van der Waals surface area contributed by atoms with Crippen LogP contribution in [0.5, 0.6) is 5.88 Å². The lowest BCUT2D eigenvalue weighted by atomic mass is 10.2. The van der Waals surface area contributed by atoms with Gasteiger partial charge in [-0.1, -0.05) is 28.1 Å². The summed E-state index contributed by atoms with van der Waals surface area (Å²) in [4.78, 5) is 4.27. The molecule has 0 bridgehead atoms. The van der Waals surface area contributed by atoms with Crippen molar-refractivity contribution in [1.29, 1.82) is 0 Å². The van der Waals surface area contributed by atoms with Gasteiger partial charge in [0, 0.05) is 27.5 Å². The van der Waals surface area contributed by atoms with E-state index in [0.29, 0.717) is 18.2 Å². The average Bonchev–Trinajstić information content (AvgIpc) is 2.28. The Morgan fingerprint density at radius 2 is 2.00 bits per heavy atom. The minimum Gasteiger partial charge on any atom is -0.473 e. The molecule has 0 fully saturated rings. The maximum atomic E-state index is 5.89. The summed E-state index contributed by atoms with van der Waals surface area (Å²) in [5.41, 5.74) is 8.47. The van der Waals surface area contributed by atoms with Crippen molar-refractivity contribution in [2.75, 3.05) is 5.73 Å². The Morgan fingerprint density at radius 1 is 1.24 bits per heavy atom. The second kappa shape index (κ2) is 5.19. The van der Waals surface area contributed by atoms with E-state index in [1.54, 1.807) is 0 Å². The van der Waals surface area contributed by atoms with Gasteiger partial charge in [-0.05, 0) is 25.1 Å². The normalized spacial score (nSPS) is 10.2. The number of anilines is 1. The van der Waals surface area contributed by atoms with E-state index in [2.05, 4.69) is 20.9 Å². The van der Waals surface area contributed by atoms with Crippen molar-refractivity contribution >= 4 is 21.6 Å². The molecule has 0 aliphatic heterocycles. The Bertz CT molecular complexity index is 508. The van der Waals surface area contributed by atoms with Gasteiger partial charge in [0.05, 0.1) is 0 Å². The number of benzene rings is 1. The van der Waals surface area contributed by atoms with E-state index in [0.717, 1.165) is 15.7 Å². The molecular weight excluding hydrogens is 280 g/mol. The summed E-state index contributed by atoms with van der Waals surface area (Å²) >= 11 is 3.45. The molecule has 2 rings (SSSR count). The molecule has 1 aromatic carbocycles. The van der Waals surface area contributed by atoms with Crippen LogP contribution in [-0.2, 0) is 6.61 Å². The average molecular weight is 293 g/mol. The van der Waals surface area contributed by atoms with Crippen LogP contribution in [0.4, 0.5) is 5.69 Å². The van der Waals surface area contributed by atoms with E-state index >= 15 is 0 Å². The number of ether oxygens (including phenoxy) is 1. The lowest BCUT2D eigenvalue weighted by Gasteiger charge is -2.09. The first-order valence-electron chi connectivity index (χ1n) is 5.26. The number of aryl methyl sites for hydroxylation is 1. The number of halogens is 1. The number of rotatable bonds is 3. The van der Waals surface area contributed by atoms with Gasteiger partial charge in [-0.25, -0.2) is 4.98 Å². The molecule has 0 atom stereocenters. The molecule has 2 aromatic rings. The predicted molar refractivity (Wildman–Crippen MR) is 71.9 cm³/mol. The Kier molecular flexibility index (Phi) is 3.64. The number of hydrogen-bond acceptors (Lipinski definition) is 3. The van der Waals surface area contributed by atoms with Crippen molar-refractivity contribution in [2.24, 2.45) is 0 Å². The largest absolute Gasteiger partial charge is 0.473 e. The van der Waals surface area contributed by atoms with Crippen molar-refractivity contribution in [3.05, 3.63) is 52.1 Å². The highest BCUT2D eigenvalue weighted by Crippen LogP contribution is 2.23. The van der Waals surface area contributed by atoms with Crippen LogP contribution in [0.1, 0.15) is 11.3 Å². The van der Waals surface area contributed by atoms with Crippen LogP contribution >= 0.6 is 15.9 Å². The number of nitrogen functional groups attached to an aromatic ring is 1. The summed E-state index contributed by atoms with van der Waals surface area (Å²) in [7, 11) is 0. The zero-order chi connectivity index (χ0) is 12.3. The van der Waals surface area contributed by atoms with Crippen LogP contribution in [0, 0.1) is 6.92 Å². The lowest BCUT2D eigenvalue weighted by molar-refractivity contribution is 0.293. The molecule has 0 aliphatic carbocycles. The maximum absolute atomic E-state index is 5.89. The molecule has 0 saturated carbocycles. The highest BCUT2D eigenvalue weighted by molar-refractivity contribution is 9.10. The molecule has 0 aliphatic rings. The minimum atomic E-state index is 0.406. The summed E-state index contributed by atoms with van der Waals surface area (Å²) in [5.74, 6) is 0.611. The molecule has 1 heterocycles. The van der Waals surface area contributed by atoms with Gasteiger partial charge < -0.3 is 10.5 Å². The molecule has 4 heteroatoms. The van der Waals surface area contributed by atoms with Gasteiger partial charge in [0.15, 0.2) is 0 Å². The molecule has 3 nitrogen and oxygen atoms in total. The Balaban J connectivity index is 2.13. The third-order valence-corrected chi connectivity index (χ3v) is 3.13. The molecule has 2 N–H and O–H groups in total. The standard InChI is InChI=1S/C13H13BrN2O/c1-9-4-2-7-13(16-9)17-8-10-11(14)5-3-6-12(10)15/h2-7H,8,15H2,1H3.